The van der Waals surface area contributed by atoms with Crippen molar-refractivity contribution in [3.8, 4) is 0 Å². The zero-order valence-corrected chi connectivity index (χ0v) is 22.4. The second-order valence-corrected chi connectivity index (χ2v) is 13.3. The Morgan fingerprint density at radius 3 is 1.66 bits per heavy atom. The van der Waals surface area contributed by atoms with E-state index < -0.39 is 43.1 Å². The molecule has 188 valence electrons. The average Bonchev–Trinajstić information content (AvgIpc) is 2.92. The third-order valence-corrected chi connectivity index (χ3v) is 8.31. The molecule has 0 aromatic carbocycles. The van der Waals surface area contributed by atoms with Crippen LogP contribution in [-0.4, -0.2) is 76.2 Å². The van der Waals surface area contributed by atoms with Gasteiger partial charge in [0.25, 0.3) is 0 Å². The topological polar surface area (TPSA) is 129 Å². The number of aliphatic hydroxyl groups excluding tert-OH is 2. The molecule has 0 amide bonds. The van der Waals surface area contributed by atoms with Crippen molar-refractivity contribution >= 4 is 41.6 Å². The van der Waals surface area contributed by atoms with E-state index in [1.807, 2.05) is 0 Å². The smallest absolute Gasteiger partial charge is 0.388 e. The number of phosphoric acid groups is 1. The van der Waals surface area contributed by atoms with Gasteiger partial charge in [0.1, 0.15) is 18.3 Å². The Hall–Kier alpha value is 0.0300. The van der Waals surface area contributed by atoms with Crippen molar-refractivity contribution in [2.24, 2.45) is 10.8 Å². The summed E-state index contributed by atoms with van der Waals surface area (Å²) in [5, 5.41) is 19.8. The molecule has 0 saturated carbocycles. The number of carbonyl (C=O) groups excluding carboxylic acids is 2. The van der Waals surface area contributed by atoms with E-state index in [9.17, 15) is 24.4 Å². The number of aliphatic hydroxyl groups is 2. The number of hydrogen-bond acceptors (Lipinski definition) is 11. The molecular weight excluding hydrogens is 479 g/mol. The van der Waals surface area contributed by atoms with Gasteiger partial charge >= 0.3 is 7.82 Å². The van der Waals surface area contributed by atoms with Gasteiger partial charge in [0.05, 0.1) is 25.9 Å². The summed E-state index contributed by atoms with van der Waals surface area (Å²) in [7, 11) is -4.06. The van der Waals surface area contributed by atoms with Crippen molar-refractivity contribution in [2.75, 3.05) is 31.3 Å². The highest BCUT2D eigenvalue weighted by Gasteiger charge is 2.42. The quantitative estimate of drug-likeness (QED) is 0.310. The van der Waals surface area contributed by atoms with E-state index >= 15 is 0 Å². The fourth-order valence-electron chi connectivity index (χ4n) is 2.35. The summed E-state index contributed by atoms with van der Waals surface area (Å²) in [5.74, 6) is 0.505. The van der Waals surface area contributed by atoms with Crippen LogP contribution in [-0.2, 0) is 32.5 Å². The predicted octanol–water partition coefficient (Wildman–Crippen LogP) is 3.27. The van der Waals surface area contributed by atoms with Crippen LogP contribution in [0.25, 0.3) is 0 Å². The largest absolute Gasteiger partial charge is 0.474 e. The standard InChI is InChI=1S/C20H37O9PS2/c1-13-15(21)16(22)14(29-13)12-28-30(25,26-8-10-31-17(23)19(2,3)4)27-9-11-32-18(24)20(5,6)7/h13-16,21-22H,8-12H2,1-7H3/t13-,14+,15+,16?/m0/s1. The zero-order chi connectivity index (χ0) is 24.7. The van der Waals surface area contributed by atoms with E-state index in [1.54, 1.807) is 48.5 Å². The summed E-state index contributed by atoms with van der Waals surface area (Å²) < 4.78 is 34.6. The first-order valence-electron chi connectivity index (χ1n) is 10.5. The van der Waals surface area contributed by atoms with E-state index in [-0.39, 0.29) is 41.6 Å². The van der Waals surface area contributed by atoms with Gasteiger partial charge in [0.2, 0.25) is 0 Å². The van der Waals surface area contributed by atoms with Gasteiger partial charge in [-0.05, 0) is 6.92 Å². The Balaban J connectivity index is 2.62. The number of thioether (sulfide) groups is 2. The molecule has 0 aromatic heterocycles. The summed E-state index contributed by atoms with van der Waals surface area (Å²) in [4.78, 5) is 24.0. The molecule has 0 aromatic rings. The first-order chi connectivity index (χ1) is 14.6. The first kappa shape index (κ1) is 30.1. The molecule has 1 heterocycles. The van der Waals surface area contributed by atoms with Crippen LogP contribution in [0.4, 0.5) is 0 Å². The van der Waals surface area contributed by atoms with Crippen LogP contribution >= 0.6 is 31.3 Å². The van der Waals surface area contributed by atoms with Crippen LogP contribution in [0.2, 0.25) is 0 Å². The monoisotopic (exact) mass is 516 g/mol. The molecule has 1 unspecified atom stereocenters. The normalized spacial score (nSPS) is 24.7. The number of hydrogen-bond donors (Lipinski definition) is 2. The second kappa shape index (κ2) is 12.7. The van der Waals surface area contributed by atoms with Crippen molar-refractivity contribution in [3.63, 3.8) is 0 Å². The van der Waals surface area contributed by atoms with Crippen LogP contribution in [0.3, 0.4) is 0 Å². The van der Waals surface area contributed by atoms with Crippen LogP contribution in [0.15, 0.2) is 0 Å². The Bertz CT molecular complexity index is 637. The summed E-state index contributed by atoms with van der Waals surface area (Å²) in [6.45, 7) is 12.0. The second-order valence-electron chi connectivity index (χ2n) is 9.54. The highest BCUT2D eigenvalue weighted by molar-refractivity contribution is 8.14. The molecule has 0 spiro atoms. The number of ether oxygens (including phenoxy) is 1. The summed E-state index contributed by atoms with van der Waals surface area (Å²) in [6, 6.07) is 0. The Morgan fingerprint density at radius 1 is 0.875 bits per heavy atom. The minimum atomic E-state index is -4.06. The summed E-state index contributed by atoms with van der Waals surface area (Å²) in [6.07, 6.45) is -3.77. The highest BCUT2D eigenvalue weighted by atomic mass is 32.2. The lowest BCUT2D eigenvalue weighted by Gasteiger charge is -2.22. The SMILES string of the molecule is C[C@@H]1O[C@H](COP(=O)(OCCSC(=O)C(C)(C)C)OCCSC(=O)C(C)(C)C)C(O)[C@@H]1O. The summed E-state index contributed by atoms with van der Waals surface area (Å²) >= 11 is 2.12. The van der Waals surface area contributed by atoms with Gasteiger partial charge in [-0.3, -0.25) is 23.2 Å². The first-order valence-corrected chi connectivity index (χ1v) is 13.9. The molecule has 4 atom stereocenters. The zero-order valence-electron chi connectivity index (χ0n) is 19.9. The number of phosphoric ester groups is 1. The van der Waals surface area contributed by atoms with E-state index in [0.717, 1.165) is 23.5 Å². The van der Waals surface area contributed by atoms with E-state index in [0.29, 0.717) is 0 Å². The third-order valence-electron chi connectivity index (χ3n) is 4.35. The molecule has 1 aliphatic rings. The van der Waals surface area contributed by atoms with E-state index in [2.05, 4.69) is 0 Å². The molecule has 1 aliphatic heterocycles. The molecule has 2 N–H and O–H groups in total. The van der Waals surface area contributed by atoms with Crippen molar-refractivity contribution in [2.45, 2.75) is 72.9 Å². The minimum Gasteiger partial charge on any atom is -0.388 e. The molecule has 1 fully saturated rings. The molecular formula is C20H37O9PS2. The average molecular weight is 517 g/mol. The van der Waals surface area contributed by atoms with Crippen LogP contribution < -0.4 is 0 Å². The Labute approximate surface area is 199 Å². The lowest BCUT2D eigenvalue weighted by molar-refractivity contribution is -0.118. The molecule has 0 aliphatic carbocycles. The Kier molecular flexibility index (Phi) is 11.9. The lowest BCUT2D eigenvalue weighted by Crippen LogP contribution is -2.33. The molecule has 1 rings (SSSR count). The van der Waals surface area contributed by atoms with Crippen LogP contribution in [0, 0.1) is 10.8 Å². The van der Waals surface area contributed by atoms with Crippen molar-refractivity contribution in [3.05, 3.63) is 0 Å². The molecule has 32 heavy (non-hydrogen) atoms. The molecule has 12 heteroatoms. The van der Waals surface area contributed by atoms with Gasteiger partial charge < -0.3 is 14.9 Å². The van der Waals surface area contributed by atoms with Crippen LogP contribution in [0.5, 0.6) is 0 Å². The van der Waals surface area contributed by atoms with E-state index in [4.69, 9.17) is 18.3 Å². The number of carbonyl (C=O) groups is 2. The van der Waals surface area contributed by atoms with Gasteiger partial charge in [-0.1, -0.05) is 65.1 Å². The maximum atomic E-state index is 13.1. The lowest BCUT2D eigenvalue weighted by atomic mass is 9.99. The van der Waals surface area contributed by atoms with Crippen molar-refractivity contribution in [1.82, 2.24) is 0 Å². The predicted molar refractivity (Wildman–Crippen MR) is 126 cm³/mol. The van der Waals surface area contributed by atoms with Crippen molar-refractivity contribution < 1.29 is 42.7 Å². The number of rotatable bonds is 11. The third kappa shape index (κ3) is 10.1. The van der Waals surface area contributed by atoms with Gasteiger partial charge in [-0.25, -0.2) is 4.57 Å². The van der Waals surface area contributed by atoms with Crippen LogP contribution in [0.1, 0.15) is 48.5 Å². The maximum Gasteiger partial charge on any atom is 0.474 e. The molecule has 0 radical (unpaired) electrons. The van der Waals surface area contributed by atoms with E-state index in [1.165, 1.54) is 0 Å². The fraction of sp³-hybridized carbons (Fsp3) is 0.900. The molecule has 1 saturated heterocycles. The highest BCUT2D eigenvalue weighted by Crippen LogP contribution is 2.50. The fourth-order valence-corrected chi connectivity index (χ4v) is 5.35. The molecule has 0 bridgehead atoms. The van der Waals surface area contributed by atoms with Gasteiger partial charge in [0, 0.05) is 22.3 Å². The molecule has 9 nitrogen and oxygen atoms in total. The summed E-state index contributed by atoms with van der Waals surface area (Å²) in [5.41, 5.74) is -1.02. The van der Waals surface area contributed by atoms with Gasteiger partial charge in [-0.2, -0.15) is 0 Å². The maximum absolute atomic E-state index is 13.1. The Morgan fingerprint density at radius 2 is 1.31 bits per heavy atom. The van der Waals surface area contributed by atoms with Gasteiger partial charge in [-0.15, -0.1) is 0 Å². The minimum absolute atomic E-state index is 0.0275. The van der Waals surface area contributed by atoms with Crippen molar-refractivity contribution in [1.29, 1.82) is 0 Å². The van der Waals surface area contributed by atoms with Gasteiger partial charge in [0.15, 0.2) is 10.2 Å².